The second kappa shape index (κ2) is 6.80. The van der Waals surface area contributed by atoms with Crippen molar-refractivity contribution in [3.05, 3.63) is 58.9 Å². The predicted molar refractivity (Wildman–Crippen MR) is 97.9 cm³/mol. The summed E-state index contributed by atoms with van der Waals surface area (Å²) in [7, 11) is 0. The van der Waals surface area contributed by atoms with Gasteiger partial charge in [-0.15, -0.1) is 10.2 Å². The summed E-state index contributed by atoms with van der Waals surface area (Å²) in [6.45, 7) is 3.92. The van der Waals surface area contributed by atoms with Gasteiger partial charge in [0.05, 0.1) is 22.9 Å². The molecule has 8 heteroatoms. The highest BCUT2D eigenvalue weighted by Gasteiger charge is 2.16. The summed E-state index contributed by atoms with van der Waals surface area (Å²) >= 11 is 1.39. The molecule has 7 nitrogen and oxygen atoms in total. The molecule has 4 aromatic rings. The maximum Gasteiger partial charge on any atom is 0.283 e. The number of benzene rings is 1. The lowest BCUT2D eigenvalue weighted by atomic mass is 10.2. The van der Waals surface area contributed by atoms with Gasteiger partial charge >= 0.3 is 0 Å². The molecular formula is C18H16N4O3S. The van der Waals surface area contributed by atoms with Crippen LogP contribution in [0.1, 0.15) is 25.8 Å². The van der Waals surface area contributed by atoms with E-state index in [9.17, 15) is 4.79 Å². The number of fused-ring (bicyclic) bond motifs is 1. The van der Waals surface area contributed by atoms with Crippen molar-refractivity contribution >= 4 is 22.7 Å². The van der Waals surface area contributed by atoms with Gasteiger partial charge in [0.25, 0.3) is 11.4 Å². The third-order valence-electron chi connectivity index (χ3n) is 3.82. The van der Waals surface area contributed by atoms with Crippen LogP contribution in [0.5, 0.6) is 0 Å². The van der Waals surface area contributed by atoms with Crippen LogP contribution in [0.2, 0.25) is 0 Å². The smallest absolute Gasteiger partial charge is 0.283 e. The second-order valence-corrected chi connectivity index (χ2v) is 6.89. The molecule has 0 bridgehead atoms. The minimum atomic E-state index is -0.0464. The van der Waals surface area contributed by atoms with E-state index in [-0.39, 0.29) is 11.6 Å². The first-order valence-electron chi connectivity index (χ1n) is 8.14. The average molecular weight is 368 g/mol. The van der Waals surface area contributed by atoms with Gasteiger partial charge in [-0.1, -0.05) is 23.9 Å². The fraction of sp³-hybridized carbons (Fsp3) is 0.222. The molecule has 0 N–H and O–H groups in total. The van der Waals surface area contributed by atoms with Crippen LogP contribution in [0, 0.1) is 0 Å². The van der Waals surface area contributed by atoms with Crippen molar-refractivity contribution in [2.75, 3.05) is 0 Å². The number of rotatable bonds is 5. The first-order chi connectivity index (χ1) is 12.6. The molecule has 0 amide bonds. The Balaban J connectivity index is 1.65. The molecule has 0 aliphatic heterocycles. The molecule has 0 unspecified atom stereocenters. The zero-order valence-corrected chi connectivity index (χ0v) is 15.1. The van der Waals surface area contributed by atoms with Gasteiger partial charge in [0.2, 0.25) is 5.89 Å². The zero-order valence-electron chi connectivity index (χ0n) is 14.2. The summed E-state index contributed by atoms with van der Waals surface area (Å²) in [6.07, 6.45) is 1.55. The van der Waals surface area contributed by atoms with E-state index in [2.05, 4.69) is 15.2 Å². The van der Waals surface area contributed by atoms with E-state index >= 15 is 0 Å². The maximum atomic E-state index is 12.8. The van der Waals surface area contributed by atoms with Crippen LogP contribution in [0.15, 0.2) is 61.4 Å². The largest absolute Gasteiger partial charge is 0.459 e. The number of aromatic nitrogens is 4. The Bertz CT molecular complexity index is 1100. The van der Waals surface area contributed by atoms with E-state index in [0.29, 0.717) is 39.4 Å². The van der Waals surface area contributed by atoms with E-state index in [1.165, 1.54) is 11.8 Å². The van der Waals surface area contributed by atoms with Crippen LogP contribution in [0.4, 0.5) is 0 Å². The van der Waals surface area contributed by atoms with Crippen molar-refractivity contribution in [3.8, 4) is 11.7 Å². The van der Waals surface area contributed by atoms with E-state index in [4.69, 9.17) is 8.83 Å². The van der Waals surface area contributed by atoms with Gasteiger partial charge < -0.3 is 8.83 Å². The van der Waals surface area contributed by atoms with Crippen molar-refractivity contribution in [2.24, 2.45) is 0 Å². The third-order valence-corrected chi connectivity index (χ3v) is 4.75. The van der Waals surface area contributed by atoms with E-state index in [1.807, 2.05) is 32.0 Å². The molecule has 0 saturated heterocycles. The van der Waals surface area contributed by atoms with Crippen LogP contribution >= 0.6 is 11.8 Å². The van der Waals surface area contributed by atoms with Gasteiger partial charge in [-0.3, -0.25) is 9.36 Å². The maximum absolute atomic E-state index is 12.8. The third kappa shape index (κ3) is 3.03. The quantitative estimate of drug-likeness (QED) is 0.390. The highest BCUT2D eigenvalue weighted by Crippen LogP contribution is 2.25. The zero-order chi connectivity index (χ0) is 18.1. The van der Waals surface area contributed by atoms with Crippen LogP contribution < -0.4 is 5.56 Å². The molecule has 4 rings (SSSR count). The van der Waals surface area contributed by atoms with Gasteiger partial charge in [-0.25, -0.2) is 4.98 Å². The van der Waals surface area contributed by atoms with Gasteiger partial charge in [0, 0.05) is 6.04 Å². The standard InChI is InChI=1S/C18H16N4O3S/c1-11(2)22-17(23)12-6-3-4-7-13(12)19-18(22)26-10-15-20-21-16(25-15)14-8-5-9-24-14/h3-9,11H,10H2,1-2H3. The molecule has 3 aromatic heterocycles. The number of thioether (sulfide) groups is 1. The van der Waals surface area contributed by atoms with Crippen molar-refractivity contribution in [3.63, 3.8) is 0 Å². The van der Waals surface area contributed by atoms with Gasteiger partial charge in [0.15, 0.2) is 10.9 Å². The summed E-state index contributed by atoms with van der Waals surface area (Å²) in [6, 6.07) is 10.9. The Morgan fingerprint density at radius 2 is 2.00 bits per heavy atom. The first kappa shape index (κ1) is 16.6. The number of para-hydroxylation sites is 1. The van der Waals surface area contributed by atoms with Gasteiger partial charge in [0.1, 0.15) is 0 Å². The van der Waals surface area contributed by atoms with Gasteiger partial charge in [-0.05, 0) is 38.1 Å². The van der Waals surface area contributed by atoms with Crippen molar-refractivity contribution in [1.29, 1.82) is 0 Å². The molecule has 0 spiro atoms. The molecule has 3 heterocycles. The highest BCUT2D eigenvalue weighted by atomic mass is 32.2. The first-order valence-corrected chi connectivity index (χ1v) is 9.12. The Hall–Kier alpha value is -2.87. The Morgan fingerprint density at radius 1 is 1.15 bits per heavy atom. The molecular weight excluding hydrogens is 352 g/mol. The fourth-order valence-electron chi connectivity index (χ4n) is 2.62. The van der Waals surface area contributed by atoms with Crippen LogP contribution in [-0.4, -0.2) is 19.7 Å². The minimum Gasteiger partial charge on any atom is -0.459 e. The molecule has 0 aliphatic rings. The van der Waals surface area contributed by atoms with E-state index in [1.54, 1.807) is 29.0 Å². The topological polar surface area (TPSA) is 86.9 Å². The van der Waals surface area contributed by atoms with Crippen LogP contribution in [0.3, 0.4) is 0 Å². The highest BCUT2D eigenvalue weighted by molar-refractivity contribution is 7.98. The van der Waals surface area contributed by atoms with E-state index < -0.39 is 0 Å². The van der Waals surface area contributed by atoms with Crippen molar-refractivity contribution in [1.82, 2.24) is 19.7 Å². The minimum absolute atomic E-state index is 0.0107. The second-order valence-electron chi connectivity index (χ2n) is 5.95. The van der Waals surface area contributed by atoms with E-state index in [0.717, 1.165) is 0 Å². The van der Waals surface area contributed by atoms with Crippen LogP contribution in [-0.2, 0) is 5.75 Å². The molecule has 0 aliphatic carbocycles. The summed E-state index contributed by atoms with van der Waals surface area (Å²) in [4.78, 5) is 17.5. The lowest BCUT2D eigenvalue weighted by molar-refractivity contribution is 0.492. The molecule has 132 valence electrons. The lowest BCUT2D eigenvalue weighted by Crippen LogP contribution is -2.25. The fourth-order valence-corrected chi connectivity index (χ4v) is 3.59. The molecule has 26 heavy (non-hydrogen) atoms. The predicted octanol–water partition coefficient (Wildman–Crippen LogP) is 3.91. The molecule has 0 fully saturated rings. The average Bonchev–Trinajstić information content (AvgIpc) is 3.31. The number of furan rings is 1. The van der Waals surface area contributed by atoms with Crippen molar-refractivity contribution < 1.29 is 8.83 Å². The number of hydrogen-bond donors (Lipinski definition) is 0. The summed E-state index contributed by atoms with van der Waals surface area (Å²) < 4.78 is 12.6. The summed E-state index contributed by atoms with van der Waals surface area (Å²) in [5.74, 6) is 1.71. The summed E-state index contributed by atoms with van der Waals surface area (Å²) in [5, 5.41) is 9.26. The van der Waals surface area contributed by atoms with Crippen molar-refractivity contribution in [2.45, 2.75) is 30.8 Å². The monoisotopic (exact) mass is 368 g/mol. The molecule has 0 radical (unpaired) electrons. The molecule has 0 atom stereocenters. The van der Waals surface area contributed by atoms with Gasteiger partial charge in [-0.2, -0.15) is 0 Å². The molecule has 0 saturated carbocycles. The number of nitrogens with zero attached hydrogens (tertiary/aromatic N) is 4. The van der Waals surface area contributed by atoms with Crippen LogP contribution in [0.25, 0.3) is 22.6 Å². The normalized spacial score (nSPS) is 11.5. The Morgan fingerprint density at radius 3 is 2.77 bits per heavy atom. The lowest BCUT2D eigenvalue weighted by Gasteiger charge is -2.15. The summed E-state index contributed by atoms with van der Waals surface area (Å²) in [5.41, 5.74) is 0.633. The SMILES string of the molecule is CC(C)n1c(SCc2nnc(-c3ccco3)o2)nc2ccccc2c1=O. The molecule has 1 aromatic carbocycles. The Kier molecular flexibility index (Phi) is 4.34. The number of hydrogen-bond acceptors (Lipinski definition) is 7. The Labute approximate surface area is 153 Å².